The lowest BCUT2D eigenvalue weighted by Crippen LogP contribution is -2.47. The van der Waals surface area contributed by atoms with E-state index in [1.165, 1.54) is 6.07 Å². The van der Waals surface area contributed by atoms with Crippen LogP contribution < -0.4 is 15.2 Å². The molecule has 2 aliphatic heterocycles. The number of ether oxygens (including phenoxy) is 1. The zero-order chi connectivity index (χ0) is 21.2. The van der Waals surface area contributed by atoms with Crippen molar-refractivity contribution in [2.45, 2.75) is 68.5 Å². The number of carbonyl (C=O) groups excluding carboxylic acids is 1. The Morgan fingerprint density at radius 2 is 2.14 bits per heavy atom. The molecule has 1 amide bonds. The Morgan fingerprint density at radius 1 is 1.38 bits per heavy atom. The van der Waals surface area contributed by atoms with Crippen molar-refractivity contribution in [3.63, 3.8) is 0 Å². The summed E-state index contributed by atoms with van der Waals surface area (Å²) in [6.45, 7) is 4.93. The molecule has 0 unspecified atom stereocenters. The standard InChI is InChI=1S/C20H28N4O4S/c1-13(2)17-10-16(29(22,26)27)6-8-19(17)28-12-14-5-7-18(23-14)20(25)24-9-3-4-15(24)11-21/h6,8,10,13-15,18,23H,3-5,7,9,12H2,1-2H3,(H2,22,26,27)/t14-,15+,18+/m1/s1. The molecule has 2 saturated heterocycles. The van der Waals surface area contributed by atoms with Crippen LogP contribution in [-0.4, -0.2) is 50.5 Å². The van der Waals surface area contributed by atoms with Gasteiger partial charge in [-0.3, -0.25) is 10.1 Å². The average Bonchev–Trinajstić information content (AvgIpc) is 3.34. The molecule has 2 heterocycles. The summed E-state index contributed by atoms with van der Waals surface area (Å²) in [5.74, 6) is 0.681. The first-order chi connectivity index (χ1) is 13.7. The molecule has 1 aromatic carbocycles. The summed E-state index contributed by atoms with van der Waals surface area (Å²) in [7, 11) is -3.77. The molecule has 29 heavy (non-hydrogen) atoms. The molecule has 0 bridgehead atoms. The van der Waals surface area contributed by atoms with Crippen LogP contribution in [-0.2, 0) is 14.8 Å². The quantitative estimate of drug-likeness (QED) is 0.718. The van der Waals surface area contributed by atoms with Gasteiger partial charge in [0.05, 0.1) is 17.0 Å². The maximum atomic E-state index is 12.7. The van der Waals surface area contributed by atoms with Crippen LogP contribution in [0.1, 0.15) is 51.0 Å². The van der Waals surface area contributed by atoms with E-state index < -0.39 is 10.0 Å². The van der Waals surface area contributed by atoms with Gasteiger partial charge in [0.25, 0.3) is 0 Å². The fourth-order valence-electron chi connectivity index (χ4n) is 3.99. The molecular weight excluding hydrogens is 392 g/mol. The first kappa shape index (κ1) is 21.6. The molecule has 2 aliphatic rings. The summed E-state index contributed by atoms with van der Waals surface area (Å²) < 4.78 is 29.2. The zero-order valence-electron chi connectivity index (χ0n) is 16.8. The third kappa shape index (κ3) is 4.89. The van der Waals surface area contributed by atoms with Gasteiger partial charge in [-0.15, -0.1) is 0 Å². The van der Waals surface area contributed by atoms with Gasteiger partial charge in [-0.1, -0.05) is 13.8 Å². The van der Waals surface area contributed by atoms with E-state index in [-0.39, 0.29) is 34.8 Å². The summed E-state index contributed by atoms with van der Waals surface area (Å²) in [4.78, 5) is 14.5. The summed E-state index contributed by atoms with van der Waals surface area (Å²) in [5.41, 5.74) is 0.774. The highest BCUT2D eigenvalue weighted by Crippen LogP contribution is 2.29. The van der Waals surface area contributed by atoms with E-state index in [0.717, 1.165) is 24.8 Å². The lowest BCUT2D eigenvalue weighted by Gasteiger charge is -2.24. The first-order valence-corrected chi connectivity index (χ1v) is 11.5. The molecule has 3 N–H and O–H groups in total. The fourth-order valence-corrected chi connectivity index (χ4v) is 4.54. The molecule has 0 spiro atoms. The van der Waals surface area contributed by atoms with E-state index in [9.17, 15) is 18.5 Å². The normalized spacial score (nSPS) is 24.7. The Balaban J connectivity index is 1.61. The average molecular weight is 421 g/mol. The topological polar surface area (TPSA) is 126 Å². The molecule has 0 aliphatic carbocycles. The van der Waals surface area contributed by atoms with Gasteiger partial charge in [0, 0.05) is 12.6 Å². The van der Waals surface area contributed by atoms with Crippen molar-refractivity contribution in [1.29, 1.82) is 5.26 Å². The number of nitrogens with one attached hydrogen (secondary N) is 1. The number of likely N-dealkylation sites (tertiary alicyclic amines) is 1. The van der Waals surface area contributed by atoms with Crippen LogP contribution >= 0.6 is 0 Å². The summed E-state index contributed by atoms with van der Waals surface area (Å²) in [5, 5.41) is 17.8. The number of primary sulfonamides is 1. The Kier molecular flexibility index (Phi) is 6.46. The van der Waals surface area contributed by atoms with Crippen LogP contribution in [0.2, 0.25) is 0 Å². The predicted molar refractivity (Wildman–Crippen MR) is 108 cm³/mol. The number of sulfonamides is 1. The highest BCUT2D eigenvalue weighted by molar-refractivity contribution is 7.89. The van der Waals surface area contributed by atoms with E-state index in [1.54, 1.807) is 17.0 Å². The third-order valence-electron chi connectivity index (χ3n) is 5.60. The number of nitrogens with zero attached hydrogens (tertiary/aromatic N) is 2. The molecule has 9 heteroatoms. The Bertz CT molecular complexity index is 910. The zero-order valence-corrected chi connectivity index (χ0v) is 17.6. The van der Waals surface area contributed by atoms with Crippen LogP contribution in [0.3, 0.4) is 0 Å². The minimum atomic E-state index is -3.77. The van der Waals surface area contributed by atoms with Gasteiger partial charge in [-0.05, 0) is 55.4 Å². The van der Waals surface area contributed by atoms with Gasteiger partial charge in [0.2, 0.25) is 15.9 Å². The summed E-state index contributed by atoms with van der Waals surface area (Å²) >= 11 is 0. The van der Waals surface area contributed by atoms with Crippen molar-refractivity contribution in [2.75, 3.05) is 13.2 Å². The fraction of sp³-hybridized carbons (Fsp3) is 0.600. The molecule has 3 rings (SSSR count). The SMILES string of the molecule is CC(C)c1cc(S(N)(=O)=O)ccc1OC[C@H]1CC[C@@H](C(=O)N2CCC[C@H]2C#N)N1. The monoisotopic (exact) mass is 420 g/mol. The largest absolute Gasteiger partial charge is 0.492 e. The Hall–Kier alpha value is -2.15. The highest BCUT2D eigenvalue weighted by Gasteiger charge is 2.37. The van der Waals surface area contributed by atoms with Crippen molar-refractivity contribution >= 4 is 15.9 Å². The van der Waals surface area contributed by atoms with Gasteiger partial charge >= 0.3 is 0 Å². The smallest absolute Gasteiger partial charge is 0.240 e. The van der Waals surface area contributed by atoms with Crippen molar-refractivity contribution < 1.29 is 17.9 Å². The lowest BCUT2D eigenvalue weighted by atomic mass is 10.0. The Morgan fingerprint density at radius 3 is 2.79 bits per heavy atom. The number of hydrogen-bond acceptors (Lipinski definition) is 6. The van der Waals surface area contributed by atoms with Crippen LogP contribution in [0.5, 0.6) is 5.75 Å². The number of benzene rings is 1. The van der Waals surface area contributed by atoms with Gasteiger partial charge in [0.15, 0.2) is 0 Å². The van der Waals surface area contributed by atoms with E-state index in [1.807, 2.05) is 13.8 Å². The molecule has 1 aromatic rings. The van der Waals surface area contributed by atoms with Gasteiger partial charge < -0.3 is 9.64 Å². The van der Waals surface area contributed by atoms with Crippen molar-refractivity contribution in [3.05, 3.63) is 23.8 Å². The van der Waals surface area contributed by atoms with Gasteiger partial charge in [-0.25, -0.2) is 13.6 Å². The first-order valence-electron chi connectivity index (χ1n) is 9.96. The minimum Gasteiger partial charge on any atom is -0.492 e. The molecule has 158 valence electrons. The number of hydrogen-bond donors (Lipinski definition) is 2. The van der Waals surface area contributed by atoms with Crippen LogP contribution in [0.25, 0.3) is 0 Å². The Labute approximate surface area is 172 Å². The number of nitrogens with two attached hydrogens (primary N) is 1. The molecule has 3 atom stereocenters. The summed E-state index contributed by atoms with van der Waals surface area (Å²) in [6.07, 6.45) is 3.13. The van der Waals surface area contributed by atoms with E-state index >= 15 is 0 Å². The van der Waals surface area contributed by atoms with Crippen LogP contribution in [0, 0.1) is 11.3 Å². The van der Waals surface area contributed by atoms with E-state index in [0.29, 0.717) is 25.3 Å². The molecule has 0 saturated carbocycles. The molecule has 2 fully saturated rings. The van der Waals surface area contributed by atoms with Crippen LogP contribution in [0.15, 0.2) is 23.1 Å². The molecular formula is C20H28N4O4S. The predicted octanol–water partition coefficient (Wildman–Crippen LogP) is 1.47. The summed E-state index contributed by atoms with van der Waals surface area (Å²) in [6, 6.07) is 6.26. The third-order valence-corrected chi connectivity index (χ3v) is 6.51. The van der Waals surface area contributed by atoms with Gasteiger partial charge in [0.1, 0.15) is 18.4 Å². The van der Waals surface area contributed by atoms with Crippen molar-refractivity contribution in [3.8, 4) is 11.8 Å². The highest BCUT2D eigenvalue weighted by atomic mass is 32.2. The number of amides is 1. The lowest BCUT2D eigenvalue weighted by molar-refractivity contribution is -0.133. The van der Waals surface area contributed by atoms with E-state index in [4.69, 9.17) is 9.88 Å². The maximum Gasteiger partial charge on any atom is 0.240 e. The van der Waals surface area contributed by atoms with Gasteiger partial charge in [-0.2, -0.15) is 5.26 Å². The minimum absolute atomic E-state index is 0.00285. The second-order valence-electron chi connectivity index (χ2n) is 8.02. The molecule has 8 nitrogen and oxygen atoms in total. The molecule has 0 radical (unpaired) electrons. The second-order valence-corrected chi connectivity index (χ2v) is 9.58. The van der Waals surface area contributed by atoms with E-state index in [2.05, 4.69) is 11.4 Å². The number of nitriles is 1. The van der Waals surface area contributed by atoms with Crippen LogP contribution in [0.4, 0.5) is 0 Å². The molecule has 0 aromatic heterocycles. The second kappa shape index (κ2) is 8.69. The maximum absolute atomic E-state index is 12.7. The van der Waals surface area contributed by atoms with Crippen molar-refractivity contribution in [2.24, 2.45) is 5.14 Å². The number of rotatable bonds is 6. The van der Waals surface area contributed by atoms with Crippen molar-refractivity contribution in [1.82, 2.24) is 10.2 Å². The number of carbonyl (C=O) groups is 1.